The summed E-state index contributed by atoms with van der Waals surface area (Å²) in [6.45, 7) is 3.61. The van der Waals surface area contributed by atoms with Gasteiger partial charge >= 0.3 is 0 Å². The summed E-state index contributed by atoms with van der Waals surface area (Å²) < 4.78 is 5.34. The van der Waals surface area contributed by atoms with E-state index in [1.807, 2.05) is 31.2 Å². The van der Waals surface area contributed by atoms with Gasteiger partial charge in [-0.05, 0) is 19.4 Å². The quantitative estimate of drug-likeness (QED) is 0.815. The average molecular weight is 334 g/mol. The van der Waals surface area contributed by atoms with Gasteiger partial charge in [0.15, 0.2) is 0 Å². The molecule has 1 unspecified atom stereocenters. The third-order valence-electron chi connectivity index (χ3n) is 4.47. The van der Waals surface area contributed by atoms with Crippen molar-refractivity contribution < 1.29 is 19.4 Å². The summed E-state index contributed by atoms with van der Waals surface area (Å²) in [4.78, 5) is 28.2. The lowest BCUT2D eigenvalue weighted by molar-refractivity contribution is -0.143. The van der Waals surface area contributed by atoms with Gasteiger partial charge in [0.25, 0.3) is 0 Å². The largest absolute Gasteiger partial charge is 0.496 e. The van der Waals surface area contributed by atoms with Crippen molar-refractivity contribution in [3.63, 3.8) is 0 Å². The molecule has 1 aliphatic heterocycles. The second kappa shape index (κ2) is 8.68. The number of rotatable bonds is 7. The third kappa shape index (κ3) is 4.26. The zero-order chi connectivity index (χ0) is 17.5. The molecule has 1 aliphatic rings. The van der Waals surface area contributed by atoms with Crippen LogP contribution in [0.2, 0.25) is 0 Å². The van der Waals surface area contributed by atoms with E-state index >= 15 is 0 Å². The second-order valence-electron chi connectivity index (χ2n) is 5.96. The van der Waals surface area contributed by atoms with E-state index in [0.29, 0.717) is 39.0 Å². The molecule has 1 saturated heterocycles. The topological polar surface area (TPSA) is 70.1 Å². The lowest BCUT2D eigenvalue weighted by Gasteiger charge is -2.34. The van der Waals surface area contributed by atoms with Crippen LogP contribution in [0.1, 0.15) is 25.3 Å². The number of carbonyl (C=O) groups excluding carboxylic acids is 2. The Bertz CT molecular complexity index is 576. The van der Waals surface area contributed by atoms with E-state index in [2.05, 4.69) is 0 Å². The minimum absolute atomic E-state index is 0.0177. The number of ether oxygens (including phenoxy) is 1. The van der Waals surface area contributed by atoms with Crippen LogP contribution in [-0.2, 0) is 16.1 Å². The molecular formula is C18H26N2O4. The molecule has 0 spiro atoms. The number of aliphatic hydroxyl groups excluding tert-OH is 1. The van der Waals surface area contributed by atoms with Gasteiger partial charge in [0, 0.05) is 38.2 Å². The summed E-state index contributed by atoms with van der Waals surface area (Å²) in [6, 6.07) is 7.60. The van der Waals surface area contributed by atoms with E-state index in [0.717, 1.165) is 11.3 Å². The number of para-hydroxylation sites is 1. The van der Waals surface area contributed by atoms with Gasteiger partial charge in [0.05, 0.1) is 19.6 Å². The first-order valence-electron chi connectivity index (χ1n) is 8.40. The van der Waals surface area contributed by atoms with E-state index in [9.17, 15) is 9.59 Å². The Kier molecular flexibility index (Phi) is 6.61. The van der Waals surface area contributed by atoms with Gasteiger partial charge in [0.2, 0.25) is 11.8 Å². The lowest BCUT2D eigenvalue weighted by Crippen LogP contribution is -2.47. The van der Waals surface area contributed by atoms with E-state index in [-0.39, 0.29) is 24.3 Å². The fraction of sp³-hybridized carbons (Fsp3) is 0.556. The summed E-state index contributed by atoms with van der Waals surface area (Å²) in [5.74, 6) is 0.623. The molecule has 2 amide bonds. The number of aliphatic hydroxyl groups is 1. The smallest absolute Gasteiger partial charge is 0.227 e. The number of hydrogen-bond donors (Lipinski definition) is 1. The van der Waals surface area contributed by atoms with Crippen molar-refractivity contribution in [3.8, 4) is 5.75 Å². The standard InChI is InChI=1S/C18H26N2O4/c1-3-19(10-11-21)18(23)15-8-9-17(22)20(13-15)12-14-6-4-5-7-16(14)24-2/h4-7,15,21H,3,8-13H2,1-2H3. The molecule has 2 rings (SSSR count). The highest BCUT2D eigenvalue weighted by Crippen LogP contribution is 2.25. The molecule has 0 aromatic heterocycles. The van der Waals surface area contributed by atoms with Crippen molar-refractivity contribution in [2.45, 2.75) is 26.3 Å². The Morgan fingerprint density at radius 1 is 1.42 bits per heavy atom. The van der Waals surface area contributed by atoms with E-state index in [1.165, 1.54) is 0 Å². The van der Waals surface area contributed by atoms with Crippen LogP contribution in [0.25, 0.3) is 0 Å². The molecule has 1 fully saturated rings. The van der Waals surface area contributed by atoms with Crippen molar-refractivity contribution in [2.75, 3.05) is 33.4 Å². The molecule has 0 saturated carbocycles. The highest BCUT2D eigenvalue weighted by molar-refractivity contribution is 5.84. The first-order chi connectivity index (χ1) is 11.6. The van der Waals surface area contributed by atoms with Crippen molar-refractivity contribution in [1.82, 2.24) is 9.80 Å². The van der Waals surface area contributed by atoms with Crippen LogP contribution in [0.4, 0.5) is 0 Å². The Labute approximate surface area is 143 Å². The predicted octanol–water partition coefficient (Wildman–Crippen LogP) is 1.27. The molecule has 0 radical (unpaired) electrons. The highest BCUT2D eigenvalue weighted by atomic mass is 16.5. The molecule has 1 aromatic rings. The highest BCUT2D eigenvalue weighted by Gasteiger charge is 2.32. The number of methoxy groups -OCH3 is 1. The fourth-order valence-corrected chi connectivity index (χ4v) is 3.11. The Morgan fingerprint density at radius 3 is 2.83 bits per heavy atom. The van der Waals surface area contributed by atoms with E-state index in [4.69, 9.17) is 9.84 Å². The number of likely N-dealkylation sites (N-methyl/N-ethyl adjacent to an activating group) is 1. The van der Waals surface area contributed by atoms with Crippen molar-refractivity contribution in [3.05, 3.63) is 29.8 Å². The summed E-state index contributed by atoms with van der Waals surface area (Å²) >= 11 is 0. The molecule has 1 heterocycles. The number of likely N-dealkylation sites (tertiary alicyclic amines) is 1. The lowest BCUT2D eigenvalue weighted by atomic mass is 9.95. The molecule has 6 nitrogen and oxygen atoms in total. The molecule has 0 aliphatic carbocycles. The minimum atomic E-state index is -0.205. The maximum absolute atomic E-state index is 12.6. The van der Waals surface area contributed by atoms with Gasteiger partial charge < -0.3 is 19.6 Å². The molecule has 0 bridgehead atoms. The number of piperidine rings is 1. The summed E-state index contributed by atoms with van der Waals surface area (Å²) in [6.07, 6.45) is 0.949. The van der Waals surface area contributed by atoms with Gasteiger partial charge in [-0.1, -0.05) is 18.2 Å². The first-order valence-corrected chi connectivity index (χ1v) is 8.40. The van der Waals surface area contributed by atoms with Crippen LogP contribution in [0.3, 0.4) is 0 Å². The van der Waals surface area contributed by atoms with Gasteiger partial charge in [-0.2, -0.15) is 0 Å². The van der Waals surface area contributed by atoms with Crippen LogP contribution < -0.4 is 4.74 Å². The van der Waals surface area contributed by atoms with Crippen LogP contribution in [0.15, 0.2) is 24.3 Å². The molecule has 1 N–H and O–H groups in total. The normalized spacial score (nSPS) is 17.7. The number of benzene rings is 1. The molecule has 132 valence electrons. The Morgan fingerprint density at radius 2 is 2.17 bits per heavy atom. The fourth-order valence-electron chi connectivity index (χ4n) is 3.11. The van der Waals surface area contributed by atoms with E-state index < -0.39 is 0 Å². The van der Waals surface area contributed by atoms with Crippen molar-refractivity contribution >= 4 is 11.8 Å². The molecule has 6 heteroatoms. The minimum Gasteiger partial charge on any atom is -0.496 e. The number of amides is 2. The van der Waals surface area contributed by atoms with Gasteiger partial charge in [-0.25, -0.2) is 0 Å². The van der Waals surface area contributed by atoms with Crippen LogP contribution >= 0.6 is 0 Å². The number of carbonyl (C=O) groups is 2. The van der Waals surface area contributed by atoms with Crippen LogP contribution in [0, 0.1) is 5.92 Å². The monoisotopic (exact) mass is 334 g/mol. The number of hydrogen-bond acceptors (Lipinski definition) is 4. The van der Waals surface area contributed by atoms with Crippen LogP contribution in [0.5, 0.6) is 5.75 Å². The van der Waals surface area contributed by atoms with Gasteiger partial charge in [0.1, 0.15) is 5.75 Å². The number of nitrogens with zero attached hydrogens (tertiary/aromatic N) is 2. The second-order valence-corrected chi connectivity index (χ2v) is 5.96. The van der Waals surface area contributed by atoms with Crippen LogP contribution in [-0.4, -0.2) is 60.1 Å². The van der Waals surface area contributed by atoms with E-state index in [1.54, 1.807) is 16.9 Å². The maximum Gasteiger partial charge on any atom is 0.227 e. The predicted molar refractivity (Wildman–Crippen MR) is 90.5 cm³/mol. The Balaban J connectivity index is 2.07. The zero-order valence-electron chi connectivity index (χ0n) is 14.4. The summed E-state index contributed by atoms with van der Waals surface area (Å²) in [5.41, 5.74) is 0.934. The molecule has 24 heavy (non-hydrogen) atoms. The third-order valence-corrected chi connectivity index (χ3v) is 4.47. The van der Waals surface area contributed by atoms with Gasteiger partial charge in [-0.3, -0.25) is 9.59 Å². The summed E-state index contributed by atoms with van der Waals surface area (Å²) in [5, 5.41) is 9.09. The average Bonchev–Trinajstić information content (AvgIpc) is 2.61. The van der Waals surface area contributed by atoms with Crippen molar-refractivity contribution in [2.24, 2.45) is 5.92 Å². The Hall–Kier alpha value is -2.08. The first kappa shape index (κ1) is 18.3. The molecular weight excluding hydrogens is 308 g/mol. The zero-order valence-corrected chi connectivity index (χ0v) is 14.4. The van der Waals surface area contributed by atoms with Crippen molar-refractivity contribution in [1.29, 1.82) is 0 Å². The molecule has 1 atom stereocenters. The maximum atomic E-state index is 12.6. The van der Waals surface area contributed by atoms with Gasteiger partial charge in [-0.15, -0.1) is 0 Å². The SMILES string of the molecule is CCN(CCO)C(=O)C1CCC(=O)N(Cc2ccccc2OC)C1. The molecule has 1 aromatic carbocycles. The summed E-state index contributed by atoms with van der Waals surface area (Å²) in [7, 11) is 1.61.